The SMILES string of the molecule is Cc1ccnc(NC(=O)CN(C)CC(=O)Nc2ccc(Oc3ccccc3Cl)cc2)c1. The van der Waals surface area contributed by atoms with E-state index in [1.165, 1.54) is 0 Å². The van der Waals surface area contributed by atoms with Crippen molar-refractivity contribution < 1.29 is 14.3 Å². The molecule has 31 heavy (non-hydrogen) atoms. The van der Waals surface area contributed by atoms with Crippen LogP contribution in [0, 0.1) is 6.92 Å². The topological polar surface area (TPSA) is 83.6 Å². The minimum Gasteiger partial charge on any atom is -0.456 e. The standard InChI is InChI=1S/C23H23ClN4O3/c1-16-11-12-25-21(13-16)27-23(30)15-28(2)14-22(29)26-17-7-9-18(10-8-17)31-20-6-4-3-5-19(20)24/h3-13H,14-15H2,1-2H3,(H,26,29)(H,25,27,30). The number of anilines is 2. The summed E-state index contributed by atoms with van der Waals surface area (Å²) >= 11 is 6.09. The van der Waals surface area contributed by atoms with Crippen LogP contribution in [0.1, 0.15) is 5.56 Å². The molecule has 0 atom stereocenters. The smallest absolute Gasteiger partial charge is 0.239 e. The lowest BCUT2D eigenvalue weighted by Gasteiger charge is -2.16. The molecule has 0 aliphatic rings. The Balaban J connectivity index is 1.46. The molecule has 0 spiro atoms. The molecule has 3 aromatic rings. The van der Waals surface area contributed by atoms with Gasteiger partial charge in [-0.25, -0.2) is 4.98 Å². The molecule has 1 aromatic heterocycles. The number of amides is 2. The molecule has 7 nitrogen and oxygen atoms in total. The first-order valence-corrected chi connectivity index (χ1v) is 10.0. The van der Waals surface area contributed by atoms with Gasteiger partial charge in [0.2, 0.25) is 11.8 Å². The number of carbonyl (C=O) groups is 2. The molecule has 0 aliphatic carbocycles. The number of carbonyl (C=O) groups excluding carboxylic acids is 2. The fraction of sp³-hybridized carbons (Fsp3) is 0.174. The number of para-hydroxylation sites is 1. The van der Waals surface area contributed by atoms with Crippen molar-refractivity contribution in [3.05, 3.63) is 77.4 Å². The molecular weight excluding hydrogens is 416 g/mol. The first kappa shape index (κ1) is 22.3. The van der Waals surface area contributed by atoms with Gasteiger partial charge in [0, 0.05) is 11.9 Å². The Morgan fingerprint density at radius 2 is 1.68 bits per heavy atom. The lowest BCUT2D eigenvalue weighted by Crippen LogP contribution is -2.36. The van der Waals surface area contributed by atoms with E-state index in [2.05, 4.69) is 15.6 Å². The maximum Gasteiger partial charge on any atom is 0.239 e. The highest BCUT2D eigenvalue weighted by atomic mass is 35.5. The molecule has 8 heteroatoms. The number of rotatable bonds is 8. The molecule has 0 fully saturated rings. The van der Waals surface area contributed by atoms with Gasteiger partial charge >= 0.3 is 0 Å². The van der Waals surface area contributed by atoms with Crippen LogP contribution >= 0.6 is 11.6 Å². The summed E-state index contributed by atoms with van der Waals surface area (Å²) in [5.41, 5.74) is 1.62. The second kappa shape index (κ2) is 10.6. The molecule has 2 amide bonds. The summed E-state index contributed by atoms with van der Waals surface area (Å²) in [6.07, 6.45) is 1.63. The van der Waals surface area contributed by atoms with E-state index in [0.29, 0.717) is 28.0 Å². The van der Waals surface area contributed by atoms with Gasteiger partial charge in [-0.2, -0.15) is 0 Å². The predicted octanol–water partition coefficient (Wildman–Crippen LogP) is 4.34. The van der Waals surface area contributed by atoms with E-state index in [4.69, 9.17) is 16.3 Å². The molecule has 2 aromatic carbocycles. The Hall–Kier alpha value is -3.42. The number of benzene rings is 2. The van der Waals surface area contributed by atoms with Crippen molar-refractivity contribution in [3.63, 3.8) is 0 Å². The Kier molecular flexibility index (Phi) is 7.59. The first-order valence-electron chi connectivity index (χ1n) is 9.62. The third-order valence-corrected chi connectivity index (χ3v) is 4.52. The quantitative estimate of drug-likeness (QED) is 0.546. The van der Waals surface area contributed by atoms with Crippen molar-refractivity contribution in [2.45, 2.75) is 6.92 Å². The predicted molar refractivity (Wildman–Crippen MR) is 122 cm³/mol. The van der Waals surface area contributed by atoms with Gasteiger partial charge in [-0.15, -0.1) is 0 Å². The fourth-order valence-electron chi connectivity index (χ4n) is 2.79. The van der Waals surface area contributed by atoms with E-state index in [1.807, 2.05) is 25.1 Å². The van der Waals surface area contributed by atoms with Gasteiger partial charge in [0.15, 0.2) is 0 Å². The molecule has 2 N–H and O–H groups in total. The molecule has 0 unspecified atom stereocenters. The van der Waals surface area contributed by atoms with E-state index in [1.54, 1.807) is 60.6 Å². The van der Waals surface area contributed by atoms with Crippen LogP contribution in [0.5, 0.6) is 11.5 Å². The highest BCUT2D eigenvalue weighted by Gasteiger charge is 2.12. The third kappa shape index (κ3) is 7.09. The first-order chi connectivity index (χ1) is 14.9. The van der Waals surface area contributed by atoms with E-state index in [0.717, 1.165) is 5.56 Å². The molecule has 1 heterocycles. The zero-order valence-electron chi connectivity index (χ0n) is 17.3. The van der Waals surface area contributed by atoms with Gasteiger partial charge in [-0.1, -0.05) is 23.7 Å². The Labute approximate surface area is 186 Å². The Morgan fingerprint density at radius 1 is 1.00 bits per heavy atom. The maximum atomic E-state index is 12.3. The van der Waals surface area contributed by atoms with E-state index in [-0.39, 0.29) is 24.9 Å². The average Bonchev–Trinajstić information content (AvgIpc) is 2.71. The van der Waals surface area contributed by atoms with Crippen LogP contribution < -0.4 is 15.4 Å². The summed E-state index contributed by atoms with van der Waals surface area (Å²) in [6, 6.07) is 17.8. The molecule has 0 bridgehead atoms. The Morgan fingerprint density at radius 3 is 2.35 bits per heavy atom. The van der Waals surface area contributed by atoms with Crippen molar-refractivity contribution >= 4 is 34.9 Å². The van der Waals surface area contributed by atoms with Gasteiger partial charge in [-0.3, -0.25) is 14.5 Å². The zero-order chi connectivity index (χ0) is 22.2. The highest BCUT2D eigenvalue weighted by Crippen LogP contribution is 2.29. The monoisotopic (exact) mass is 438 g/mol. The number of nitrogens with one attached hydrogen (secondary N) is 2. The number of hydrogen-bond acceptors (Lipinski definition) is 5. The van der Waals surface area contributed by atoms with Crippen molar-refractivity contribution in [3.8, 4) is 11.5 Å². The van der Waals surface area contributed by atoms with E-state index in [9.17, 15) is 9.59 Å². The molecule has 3 rings (SSSR count). The highest BCUT2D eigenvalue weighted by molar-refractivity contribution is 6.32. The maximum absolute atomic E-state index is 12.3. The van der Waals surface area contributed by atoms with Gasteiger partial charge in [0.05, 0.1) is 18.1 Å². The summed E-state index contributed by atoms with van der Waals surface area (Å²) in [4.78, 5) is 30.1. The van der Waals surface area contributed by atoms with Crippen LogP contribution in [0.15, 0.2) is 66.9 Å². The Bertz CT molecular complexity index is 1060. The minimum atomic E-state index is -0.241. The van der Waals surface area contributed by atoms with Gasteiger partial charge in [0.1, 0.15) is 17.3 Å². The number of ether oxygens (including phenoxy) is 1. The van der Waals surface area contributed by atoms with Crippen molar-refractivity contribution in [1.82, 2.24) is 9.88 Å². The largest absolute Gasteiger partial charge is 0.456 e. The molecule has 0 saturated heterocycles. The summed E-state index contributed by atoms with van der Waals surface area (Å²) in [5.74, 6) is 1.17. The number of hydrogen-bond donors (Lipinski definition) is 2. The summed E-state index contributed by atoms with van der Waals surface area (Å²) in [5, 5.41) is 6.04. The van der Waals surface area contributed by atoms with Crippen LogP contribution in [0.25, 0.3) is 0 Å². The second-order valence-electron chi connectivity index (χ2n) is 7.04. The fourth-order valence-corrected chi connectivity index (χ4v) is 2.97. The summed E-state index contributed by atoms with van der Waals surface area (Å²) in [7, 11) is 1.70. The van der Waals surface area contributed by atoms with Crippen LogP contribution in [-0.2, 0) is 9.59 Å². The van der Waals surface area contributed by atoms with Crippen LogP contribution in [0.4, 0.5) is 11.5 Å². The average molecular weight is 439 g/mol. The molecular formula is C23H23ClN4O3. The third-order valence-electron chi connectivity index (χ3n) is 4.21. The number of pyridine rings is 1. The number of likely N-dealkylation sites (N-methyl/N-ethyl adjacent to an activating group) is 1. The molecule has 0 saturated carbocycles. The summed E-state index contributed by atoms with van der Waals surface area (Å²) < 4.78 is 5.73. The van der Waals surface area contributed by atoms with Crippen molar-refractivity contribution in [1.29, 1.82) is 0 Å². The lowest BCUT2D eigenvalue weighted by atomic mass is 10.3. The van der Waals surface area contributed by atoms with E-state index >= 15 is 0 Å². The summed E-state index contributed by atoms with van der Waals surface area (Å²) in [6.45, 7) is 2.05. The van der Waals surface area contributed by atoms with Crippen molar-refractivity contribution in [2.24, 2.45) is 0 Å². The number of aryl methyl sites for hydroxylation is 1. The number of halogens is 1. The number of aromatic nitrogens is 1. The van der Waals surface area contributed by atoms with E-state index < -0.39 is 0 Å². The molecule has 0 aliphatic heterocycles. The molecule has 160 valence electrons. The number of nitrogens with zero attached hydrogens (tertiary/aromatic N) is 2. The normalized spacial score (nSPS) is 10.6. The van der Waals surface area contributed by atoms with Gasteiger partial charge in [0.25, 0.3) is 0 Å². The van der Waals surface area contributed by atoms with Crippen LogP contribution in [0.2, 0.25) is 5.02 Å². The zero-order valence-corrected chi connectivity index (χ0v) is 18.0. The lowest BCUT2D eigenvalue weighted by molar-refractivity contribution is -0.119. The second-order valence-corrected chi connectivity index (χ2v) is 7.45. The minimum absolute atomic E-state index is 0.0620. The van der Waals surface area contributed by atoms with Crippen molar-refractivity contribution in [2.75, 3.05) is 30.8 Å². The van der Waals surface area contributed by atoms with Gasteiger partial charge < -0.3 is 15.4 Å². The van der Waals surface area contributed by atoms with Gasteiger partial charge in [-0.05, 0) is 68.1 Å². The van der Waals surface area contributed by atoms with Crippen LogP contribution in [0.3, 0.4) is 0 Å². The molecule has 0 radical (unpaired) electrons. The van der Waals surface area contributed by atoms with Crippen LogP contribution in [-0.4, -0.2) is 41.8 Å².